The van der Waals surface area contributed by atoms with Crippen LogP contribution in [0, 0.1) is 6.92 Å². The van der Waals surface area contributed by atoms with Crippen LogP contribution in [0.3, 0.4) is 0 Å². The maximum Gasteiger partial charge on any atom is 0.126 e. The van der Waals surface area contributed by atoms with E-state index in [4.69, 9.17) is 4.74 Å². The average Bonchev–Trinajstić information content (AvgIpc) is 2.57. The molecule has 0 N–H and O–H groups in total. The molecule has 0 bridgehead atoms. The first-order valence-corrected chi connectivity index (χ1v) is 7.82. The smallest absolute Gasteiger partial charge is 0.126 e. The Morgan fingerprint density at radius 2 is 1.43 bits per heavy atom. The minimum Gasteiger partial charge on any atom is -0.488 e. The second-order valence-electron chi connectivity index (χ2n) is 5.50. The van der Waals surface area contributed by atoms with E-state index < -0.39 is 0 Å². The Kier molecular flexibility index (Phi) is 4.90. The number of aryl methyl sites for hydroxylation is 1. The highest BCUT2D eigenvalue weighted by Crippen LogP contribution is 2.27. The van der Waals surface area contributed by atoms with Gasteiger partial charge in [0, 0.05) is 5.56 Å². The molecule has 0 spiro atoms. The number of rotatable bonds is 2. The molecule has 114 valence electrons. The molecule has 0 radical (unpaired) electrons. The average molecular weight is 300 g/mol. The Morgan fingerprint density at radius 1 is 0.739 bits per heavy atom. The van der Waals surface area contributed by atoms with Crippen molar-refractivity contribution in [1.82, 2.24) is 0 Å². The fourth-order valence-electron chi connectivity index (χ4n) is 2.36. The van der Waals surface area contributed by atoms with E-state index in [0.717, 1.165) is 12.4 Å². The summed E-state index contributed by atoms with van der Waals surface area (Å²) in [6, 6.07) is 26.8. The molecule has 1 heteroatoms. The highest BCUT2D eigenvalue weighted by atomic mass is 16.5. The molecular weight excluding hydrogens is 280 g/mol. The largest absolute Gasteiger partial charge is 0.488 e. The molecule has 3 aromatic carbocycles. The summed E-state index contributed by atoms with van der Waals surface area (Å²) in [7, 11) is 0. The van der Waals surface area contributed by atoms with Crippen molar-refractivity contribution < 1.29 is 4.74 Å². The molecule has 23 heavy (non-hydrogen) atoms. The fourth-order valence-corrected chi connectivity index (χ4v) is 2.36. The molecule has 1 heterocycles. The molecule has 0 saturated heterocycles. The predicted molar refractivity (Wildman–Crippen MR) is 97.3 cm³/mol. The lowest BCUT2D eigenvalue weighted by Gasteiger charge is -2.18. The lowest BCUT2D eigenvalue weighted by atomic mass is 10.1. The van der Waals surface area contributed by atoms with Crippen LogP contribution in [0.5, 0.6) is 5.75 Å². The van der Waals surface area contributed by atoms with E-state index in [1.165, 1.54) is 22.3 Å². The van der Waals surface area contributed by atoms with Crippen molar-refractivity contribution >= 4 is 12.2 Å². The Morgan fingerprint density at radius 3 is 2.04 bits per heavy atom. The summed E-state index contributed by atoms with van der Waals surface area (Å²) in [6.45, 7) is 2.93. The Bertz CT molecular complexity index is 765. The van der Waals surface area contributed by atoms with Crippen LogP contribution in [-0.2, 0) is 6.61 Å². The maximum atomic E-state index is 5.08. The monoisotopic (exact) mass is 300 g/mol. The number of benzene rings is 3. The van der Waals surface area contributed by atoms with Gasteiger partial charge in [0.2, 0.25) is 0 Å². The predicted octanol–water partition coefficient (Wildman–Crippen LogP) is 5.74. The van der Waals surface area contributed by atoms with Crippen LogP contribution in [0.25, 0.3) is 12.2 Å². The molecule has 0 fully saturated rings. The number of hydrogen-bond donors (Lipinski definition) is 0. The summed E-state index contributed by atoms with van der Waals surface area (Å²) in [6.07, 6.45) is 4.30. The van der Waals surface area contributed by atoms with Gasteiger partial charge in [-0.05, 0) is 29.7 Å². The van der Waals surface area contributed by atoms with Crippen molar-refractivity contribution in [3.05, 3.63) is 101 Å². The highest BCUT2D eigenvalue weighted by molar-refractivity contribution is 5.70. The zero-order chi connectivity index (χ0) is 15.9. The minimum atomic E-state index is 0.802. The third-order valence-corrected chi connectivity index (χ3v) is 3.80. The van der Waals surface area contributed by atoms with Crippen molar-refractivity contribution in [1.29, 1.82) is 0 Å². The number of hydrogen-bond acceptors (Lipinski definition) is 1. The van der Waals surface area contributed by atoms with Gasteiger partial charge in [0.05, 0.1) is 0 Å². The fraction of sp³-hybridized carbons (Fsp3) is 0.0909. The van der Waals surface area contributed by atoms with Crippen LogP contribution in [0.4, 0.5) is 0 Å². The Balaban J connectivity index is 0.000000162. The summed E-state index contributed by atoms with van der Waals surface area (Å²) < 4.78 is 5.08. The van der Waals surface area contributed by atoms with Gasteiger partial charge in [0.15, 0.2) is 0 Å². The second-order valence-corrected chi connectivity index (χ2v) is 5.50. The third kappa shape index (κ3) is 4.10. The molecule has 1 aliphatic heterocycles. The molecule has 0 aromatic heterocycles. The van der Waals surface area contributed by atoms with E-state index in [1.54, 1.807) is 0 Å². The molecule has 0 aliphatic carbocycles. The van der Waals surface area contributed by atoms with Crippen LogP contribution < -0.4 is 4.74 Å². The van der Waals surface area contributed by atoms with Gasteiger partial charge in [-0.1, -0.05) is 84.9 Å². The van der Waals surface area contributed by atoms with Crippen LogP contribution in [0.2, 0.25) is 0 Å². The van der Waals surface area contributed by atoms with Gasteiger partial charge in [-0.2, -0.15) is 0 Å². The van der Waals surface area contributed by atoms with Crippen molar-refractivity contribution in [3.63, 3.8) is 0 Å². The highest BCUT2D eigenvalue weighted by Gasteiger charge is 2.10. The van der Waals surface area contributed by atoms with Gasteiger partial charge in [-0.15, -0.1) is 0 Å². The molecule has 1 nitrogen and oxygen atoms in total. The first-order chi connectivity index (χ1) is 11.3. The molecule has 4 rings (SSSR count). The zero-order valence-corrected chi connectivity index (χ0v) is 13.3. The third-order valence-electron chi connectivity index (χ3n) is 3.80. The van der Waals surface area contributed by atoms with Crippen LogP contribution >= 0.6 is 0 Å². The topological polar surface area (TPSA) is 9.23 Å². The van der Waals surface area contributed by atoms with Gasteiger partial charge in [0.25, 0.3) is 0 Å². The summed E-state index contributed by atoms with van der Waals surface area (Å²) in [4.78, 5) is 0. The van der Waals surface area contributed by atoms with Gasteiger partial charge < -0.3 is 4.74 Å². The normalized spacial score (nSPS) is 11.7. The first kappa shape index (κ1) is 15.1. The number of fused-ring (bicyclic) bond motifs is 1. The van der Waals surface area contributed by atoms with E-state index >= 15 is 0 Å². The van der Waals surface area contributed by atoms with Crippen molar-refractivity contribution in [2.75, 3.05) is 0 Å². The Hall–Kier alpha value is -2.80. The van der Waals surface area contributed by atoms with Crippen molar-refractivity contribution in [3.8, 4) is 5.75 Å². The van der Waals surface area contributed by atoms with E-state index in [9.17, 15) is 0 Å². The number of para-hydroxylation sites is 1. The summed E-state index contributed by atoms with van der Waals surface area (Å²) >= 11 is 0. The van der Waals surface area contributed by atoms with Crippen LogP contribution in [-0.4, -0.2) is 0 Å². The summed E-state index contributed by atoms with van der Waals surface area (Å²) in [5, 5.41) is 0. The molecular formula is C22H20O. The van der Waals surface area contributed by atoms with E-state index in [0.29, 0.717) is 0 Å². The summed E-state index contributed by atoms with van der Waals surface area (Å²) in [5.74, 6) is 1.05. The molecule has 3 aromatic rings. The summed E-state index contributed by atoms with van der Waals surface area (Å²) in [5.41, 5.74) is 5.15. The quantitative estimate of drug-likeness (QED) is 0.548. The second kappa shape index (κ2) is 7.46. The van der Waals surface area contributed by atoms with E-state index in [-0.39, 0.29) is 0 Å². The van der Waals surface area contributed by atoms with Crippen molar-refractivity contribution in [2.45, 2.75) is 13.5 Å². The lowest BCUT2D eigenvalue weighted by Crippen LogP contribution is -2.07. The maximum absolute atomic E-state index is 5.08. The van der Waals surface area contributed by atoms with Gasteiger partial charge in [-0.25, -0.2) is 0 Å². The van der Waals surface area contributed by atoms with Gasteiger partial charge in [0.1, 0.15) is 12.4 Å². The standard InChI is InChI=1S/C15H14.C7H6O/c1-13-7-5-6-10-15(13)12-11-14-8-3-2-4-9-14;1-2-4-7-6(3-1)5-8-7/h2-12H,1H3;1-4H,5H2. The van der Waals surface area contributed by atoms with Crippen molar-refractivity contribution in [2.24, 2.45) is 0 Å². The Labute approximate surface area is 137 Å². The SMILES string of the molecule is Cc1ccccc1C=Cc1ccccc1.c1ccc2c(c1)CO2. The molecule has 0 amide bonds. The molecule has 1 aliphatic rings. The molecule has 0 unspecified atom stereocenters. The number of ether oxygens (including phenoxy) is 1. The lowest BCUT2D eigenvalue weighted by molar-refractivity contribution is 0.243. The van der Waals surface area contributed by atoms with Gasteiger partial charge in [-0.3, -0.25) is 0 Å². The zero-order valence-electron chi connectivity index (χ0n) is 13.3. The van der Waals surface area contributed by atoms with Crippen LogP contribution in [0.15, 0.2) is 78.9 Å². The van der Waals surface area contributed by atoms with Gasteiger partial charge >= 0.3 is 0 Å². The van der Waals surface area contributed by atoms with E-state index in [1.807, 2.05) is 24.3 Å². The first-order valence-electron chi connectivity index (χ1n) is 7.82. The van der Waals surface area contributed by atoms with E-state index in [2.05, 4.69) is 73.7 Å². The minimum absolute atomic E-state index is 0.802. The van der Waals surface area contributed by atoms with Crippen LogP contribution in [0.1, 0.15) is 22.3 Å². The molecule has 0 saturated carbocycles. The molecule has 0 atom stereocenters.